The molecule has 4 heteroatoms. The molecule has 0 unspecified atom stereocenters. The van der Waals surface area contributed by atoms with Crippen LogP contribution in [0.1, 0.15) is 40.9 Å². The van der Waals surface area contributed by atoms with Crippen molar-refractivity contribution in [2.45, 2.75) is 46.2 Å². The van der Waals surface area contributed by atoms with Gasteiger partial charge in [0, 0.05) is 48.1 Å². The van der Waals surface area contributed by atoms with Crippen LogP contribution in [0.5, 0.6) is 0 Å². The number of hydrogen-bond donors (Lipinski definition) is 0. The molecule has 0 N–H and O–H groups in total. The molecule has 29 heavy (non-hydrogen) atoms. The molecular formula is C25H27N3O. The standard InChI is InChI=1S/C25H27N3O/c1-18-6-9-24(10-7-18)28-19(2)15-22(20(28)3)8-13-25(29)27(23-11-12-23)17-21-5-4-14-26-16-21/h4-10,13-16,23H,11-12,17H2,1-3H3/b13-8+. The minimum absolute atomic E-state index is 0.0662. The zero-order valence-corrected chi connectivity index (χ0v) is 17.3. The van der Waals surface area contributed by atoms with Gasteiger partial charge in [-0.25, -0.2) is 0 Å². The van der Waals surface area contributed by atoms with Crippen molar-refractivity contribution in [3.05, 3.63) is 89.0 Å². The number of carbonyl (C=O) groups is 1. The second-order valence-corrected chi connectivity index (χ2v) is 7.89. The Labute approximate surface area is 172 Å². The molecule has 0 spiro atoms. The quantitative estimate of drug-likeness (QED) is 0.560. The van der Waals surface area contributed by atoms with E-state index in [0.717, 1.165) is 41.0 Å². The van der Waals surface area contributed by atoms with Gasteiger partial charge in [-0.3, -0.25) is 9.78 Å². The van der Waals surface area contributed by atoms with E-state index in [0.29, 0.717) is 12.6 Å². The Balaban J connectivity index is 1.54. The highest BCUT2D eigenvalue weighted by Gasteiger charge is 2.31. The van der Waals surface area contributed by atoms with Crippen LogP contribution in [0.2, 0.25) is 0 Å². The third-order valence-electron chi connectivity index (χ3n) is 5.51. The van der Waals surface area contributed by atoms with Crippen LogP contribution in [0.3, 0.4) is 0 Å². The molecular weight excluding hydrogens is 358 g/mol. The van der Waals surface area contributed by atoms with Gasteiger partial charge in [-0.15, -0.1) is 0 Å². The van der Waals surface area contributed by atoms with Crippen molar-refractivity contribution in [2.75, 3.05) is 0 Å². The molecule has 0 aliphatic heterocycles. The van der Waals surface area contributed by atoms with E-state index >= 15 is 0 Å². The van der Waals surface area contributed by atoms with Crippen LogP contribution in [-0.2, 0) is 11.3 Å². The SMILES string of the molecule is Cc1ccc(-n2c(C)cc(/C=C/C(=O)N(Cc3cccnc3)C3CC3)c2C)cc1. The van der Waals surface area contributed by atoms with Crippen molar-refractivity contribution in [1.29, 1.82) is 0 Å². The van der Waals surface area contributed by atoms with E-state index in [1.54, 1.807) is 12.3 Å². The fourth-order valence-corrected chi connectivity index (χ4v) is 3.77. The van der Waals surface area contributed by atoms with E-state index in [1.165, 1.54) is 5.56 Å². The number of benzene rings is 1. The lowest BCUT2D eigenvalue weighted by atomic mass is 10.2. The van der Waals surface area contributed by atoms with Crippen LogP contribution >= 0.6 is 0 Å². The van der Waals surface area contributed by atoms with Gasteiger partial charge in [-0.1, -0.05) is 23.8 Å². The Bertz CT molecular complexity index is 1030. The first kappa shape index (κ1) is 19.2. The number of rotatable bonds is 6. The predicted octanol–water partition coefficient (Wildman–Crippen LogP) is 5.00. The van der Waals surface area contributed by atoms with Crippen LogP contribution < -0.4 is 0 Å². The number of nitrogens with zero attached hydrogens (tertiary/aromatic N) is 3. The molecule has 0 radical (unpaired) electrons. The van der Waals surface area contributed by atoms with Crippen molar-refractivity contribution < 1.29 is 4.79 Å². The van der Waals surface area contributed by atoms with Gasteiger partial charge in [-0.2, -0.15) is 0 Å². The summed E-state index contributed by atoms with van der Waals surface area (Å²) in [7, 11) is 0. The Kier molecular flexibility index (Phi) is 5.34. The van der Waals surface area contributed by atoms with Crippen molar-refractivity contribution >= 4 is 12.0 Å². The van der Waals surface area contributed by atoms with Gasteiger partial charge in [0.2, 0.25) is 5.91 Å². The number of aromatic nitrogens is 2. The van der Waals surface area contributed by atoms with Crippen molar-refractivity contribution in [2.24, 2.45) is 0 Å². The molecule has 1 aliphatic rings. The minimum atomic E-state index is 0.0662. The molecule has 3 aromatic rings. The van der Waals surface area contributed by atoms with E-state index < -0.39 is 0 Å². The van der Waals surface area contributed by atoms with Gasteiger partial charge in [0.15, 0.2) is 0 Å². The molecule has 148 valence electrons. The maximum atomic E-state index is 12.9. The molecule has 1 saturated carbocycles. The van der Waals surface area contributed by atoms with E-state index in [-0.39, 0.29) is 5.91 Å². The molecule has 0 saturated heterocycles. The lowest BCUT2D eigenvalue weighted by molar-refractivity contribution is -0.127. The molecule has 2 heterocycles. The van der Waals surface area contributed by atoms with Crippen LogP contribution in [0, 0.1) is 20.8 Å². The van der Waals surface area contributed by atoms with Crippen LogP contribution in [0.4, 0.5) is 0 Å². The normalized spacial score (nSPS) is 13.8. The molecule has 0 atom stereocenters. The van der Waals surface area contributed by atoms with Gasteiger partial charge >= 0.3 is 0 Å². The van der Waals surface area contributed by atoms with E-state index in [1.807, 2.05) is 29.3 Å². The third kappa shape index (κ3) is 4.32. The smallest absolute Gasteiger partial charge is 0.247 e. The van der Waals surface area contributed by atoms with Gasteiger partial charge in [-0.05, 0) is 75.1 Å². The Morgan fingerprint density at radius 2 is 1.93 bits per heavy atom. The number of carbonyl (C=O) groups excluding carboxylic acids is 1. The first-order valence-corrected chi connectivity index (χ1v) is 10.2. The van der Waals surface area contributed by atoms with Gasteiger partial charge in [0.05, 0.1) is 0 Å². The molecule has 1 aromatic carbocycles. The second-order valence-electron chi connectivity index (χ2n) is 7.89. The van der Waals surface area contributed by atoms with E-state index in [9.17, 15) is 4.79 Å². The van der Waals surface area contributed by atoms with Crippen molar-refractivity contribution in [3.8, 4) is 5.69 Å². The highest BCUT2D eigenvalue weighted by Crippen LogP contribution is 2.29. The molecule has 1 amide bonds. The lowest BCUT2D eigenvalue weighted by Gasteiger charge is -2.20. The summed E-state index contributed by atoms with van der Waals surface area (Å²) in [6.45, 7) is 6.91. The number of amides is 1. The summed E-state index contributed by atoms with van der Waals surface area (Å²) in [5, 5.41) is 0. The third-order valence-corrected chi connectivity index (χ3v) is 5.51. The second kappa shape index (κ2) is 8.08. The number of pyridine rings is 1. The maximum Gasteiger partial charge on any atom is 0.247 e. The van der Waals surface area contributed by atoms with Crippen LogP contribution in [-0.4, -0.2) is 26.4 Å². The van der Waals surface area contributed by atoms with Gasteiger partial charge < -0.3 is 9.47 Å². The largest absolute Gasteiger partial charge is 0.332 e. The topological polar surface area (TPSA) is 38.1 Å². The first-order valence-electron chi connectivity index (χ1n) is 10.2. The fraction of sp³-hybridized carbons (Fsp3) is 0.280. The summed E-state index contributed by atoms with van der Waals surface area (Å²) >= 11 is 0. The Morgan fingerprint density at radius 1 is 1.17 bits per heavy atom. The Hall–Kier alpha value is -3.14. The molecule has 4 nitrogen and oxygen atoms in total. The van der Waals surface area contributed by atoms with Crippen LogP contribution in [0.15, 0.2) is 60.9 Å². The first-order chi connectivity index (χ1) is 14.0. The maximum absolute atomic E-state index is 12.9. The summed E-state index contributed by atoms with van der Waals surface area (Å²) in [5.41, 5.74) is 6.84. The highest BCUT2D eigenvalue weighted by molar-refractivity contribution is 5.92. The summed E-state index contributed by atoms with van der Waals surface area (Å²) in [6, 6.07) is 15.0. The summed E-state index contributed by atoms with van der Waals surface area (Å²) in [4.78, 5) is 19.1. The molecule has 1 fully saturated rings. The van der Waals surface area contributed by atoms with Crippen molar-refractivity contribution in [1.82, 2.24) is 14.5 Å². The summed E-state index contributed by atoms with van der Waals surface area (Å²) in [5.74, 6) is 0.0662. The molecule has 2 aromatic heterocycles. The molecule has 4 rings (SSSR count). The highest BCUT2D eigenvalue weighted by atomic mass is 16.2. The zero-order chi connectivity index (χ0) is 20.4. The van der Waals surface area contributed by atoms with Gasteiger partial charge in [0.1, 0.15) is 0 Å². The monoisotopic (exact) mass is 385 g/mol. The number of hydrogen-bond acceptors (Lipinski definition) is 2. The summed E-state index contributed by atoms with van der Waals surface area (Å²) < 4.78 is 2.23. The van der Waals surface area contributed by atoms with E-state index in [2.05, 4.69) is 60.7 Å². The summed E-state index contributed by atoms with van der Waals surface area (Å²) in [6.07, 6.45) is 9.44. The minimum Gasteiger partial charge on any atom is -0.332 e. The van der Waals surface area contributed by atoms with Crippen LogP contribution in [0.25, 0.3) is 11.8 Å². The Morgan fingerprint density at radius 3 is 2.59 bits per heavy atom. The number of aryl methyl sites for hydroxylation is 2. The van der Waals surface area contributed by atoms with Crippen molar-refractivity contribution in [3.63, 3.8) is 0 Å². The zero-order valence-electron chi connectivity index (χ0n) is 17.3. The average Bonchev–Trinajstić information content (AvgIpc) is 3.52. The average molecular weight is 386 g/mol. The lowest BCUT2D eigenvalue weighted by Crippen LogP contribution is -2.31. The molecule has 0 bridgehead atoms. The van der Waals surface area contributed by atoms with Gasteiger partial charge in [0.25, 0.3) is 0 Å². The predicted molar refractivity (Wildman–Crippen MR) is 117 cm³/mol. The molecule has 1 aliphatic carbocycles. The fourth-order valence-electron chi connectivity index (χ4n) is 3.77. The van der Waals surface area contributed by atoms with E-state index in [4.69, 9.17) is 0 Å².